The lowest BCUT2D eigenvalue weighted by Gasteiger charge is -2.32. The molecule has 0 unspecified atom stereocenters. The first-order chi connectivity index (χ1) is 7.13. The molecule has 1 heterocycles. The molecule has 0 bridgehead atoms. The standard InChI is InChI=1S/C12H24N2O/c1-10(2)8-12(15)14-6-4-11(5-7-14)9-13-3/h10-11,13H,4-9H2,1-3H3. The van der Waals surface area contributed by atoms with Gasteiger partial charge in [0.25, 0.3) is 0 Å². The Balaban J connectivity index is 2.27. The van der Waals surface area contributed by atoms with Crippen molar-refractivity contribution in [3.8, 4) is 0 Å². The summed E-state index contributed by atoms with van der Waals surface area (Å²) in [6, 6.07) is 0. The molecule has 1 saturated heterocycles. The second-order valence-electron chi connectivity index (χ2n) is 4.98. The molecular weight excluding hydrogens is 188 g/mol. The van der Waals surface area contributed by atoms with Crippen molar-refractivity contribution >= 4 is 5.91 Å². The van der Waals surface area contributed by atoms with E-state index in [1.54, 1.807) is 0 Å². The molecule has 0 atom stereocenters. The minimum Gasteiger partial charge on any atom is -0.343 e. The first kappa shape index (κ1) is 12.5. The van der Waals surface area contributed by atoms with E-state index in [1.807, 2.05) is 11.9 Å². The number of piperidine rings is 1. The summed E-state index contributed by atoms with van der Waals surface area (Å²) in [5.74, 6) is 1.58. The summed E-state index contributed by atoms with van der Waals surface area (Å²) in [7, 11) is 2.00. The number of carbonyl (C=O) groups is 1. The van der Waals surface area contributed by atoms with E-state index in [0.29, 0.717) is 18.2 Å². The summed E-state index contributed by atoms with van der Waals surface area (Å²) in [4.78, 5) is 13.8. The Hall–Kier alpha value is -0.570. The average Bonchev–Trinajstić information content (AvgIpc) is 2.18. The van der Waals surface area contributed by atoms with Crippen molar-refractivity contribution in [1.29, 1.82) is 0 Å². The second kappa shape index (κ2) is 6.11. The normalized spacial score (nSPS) is 18.5. The number of nitrogens with zero attached hydrogens (tertiary/aromatic N) is 1. The highest BCUT2D eigenvalue weighted by molar-refractivity contribution is 5.76. The summed E-state index contributed by atoms with van der Waals surface area (Å²) in [6.07, 6.45) is 3.02. The van der Waals surface area contributed by atoms with Crippen LogP contribution < -0.4 is 5.32 Å². The van der Waals surface area contributed by atoms with Crippen molar-refractivity contribution in [2.75, 3.05) is 26.7 Å². The van der Waals surface area contributed by atoms with Gasteiger partial charge in [-0.1, -0.05) is 13.8 Å². The highest BCUT2D eigenvalue weighted by Gasteiger charge is 2.22. The molecule has 1 amide bonds. The molecule has 1 fully saturated rings. The maximum atomic E-state index is 11.8. The van der Waals surface area contributed by atoms with E-state index in [0.717, 1.165) is 38.4 Å². The van der Waals surface area contributed by atoms with Crippen LogP contribution in [0.5, 0.6) is 0 Å². The summed E-state index contributed by atoms with van der Waals surface area (Å²) in [6.45, 7) is 7.21. The second-order valence-corrected chi connectivity index (χ2v) is 4.98. The van der Waals surface area contributed by atoms with Crippen molar-refractivity contribution in [2.45, 2.75) is 33.1 Å². The Kier molecular flexibility index (Phi) is 5.09. The number of amides is 1. The zero-order chi connectivity index (χ0) is 11.3. The van der Waals surface area contributed by atoms with Gasteiger partial charge in [0.05, 0.1) is 0 Å². The first-order valence-electron chi connectivity index (χ1n) is 6.05. The Labute approximate surface area is 93.2 Å². The van der Waals surface area contributed by atoms with Crippen LogP contribution in [0.15, 0.2) is 0 Å². The summed E-state index contributed by atoms with van der Waals surface area (Å²) >= 11 is 0. The van der Waals surface area contributed by atoms with Crippen LogP contribution in [0.1, 0.15) is 33.1 Å². The Bertz CT molecular complexity index is 196. The van der Waals surface area contributed by atoms with Crippen molar-refractivity contribution in [1.82, 2.24) is 10.2 Å². The van der Waals surface area contributed by atoms with E-state index in [-0.39, 0.29) is 0 Å². The SMILES string of the molecule is CNCC1CCN(C(=O)CC(C)C)CC1. The van der Waals surface area contributed by atoms with E-state index in [1.165, 1.54) is 0 Å². The van der Waals surface area contributed by atoms with Gasteiger partial charge >= 0.3 is 0 Å². The highest BCUT2D eigenvalue weighted by atomic mass is 16.2. The van der Waals surface area contributed by atoms with E-state index in [9.17, 15) is 4.79 Å². The number of nitrogens with one attached hydrogen (secondary N) is 1. The van der Waals surface area contributed by atoms with Gasteiger partial charge in [-0.15, -0.1) is 0 Å². The zero-order valence-corrected chi connectivity index (χ0v) is 10.3. The lowest BCUT2D eigenvalue weighted by atomic mass is 9.96. The molecule has 0 aliphatic carbocycles. The molecule has 0 aromatic heterocycles. The Morgan fingerprint density at radius 3 is 2.47 bits per heavy atom. The van der Waals surface area contributed by atoms with Crippen molar-refractivity contribution < 1.29 is 4.79 Å². The highest BCUT2D eigenvalue weighted by Crippen LogP contribution is 2.17. The fourth-order valence-corrected chi connectivity index (χ4v) is 2.15. The maximum Gasteiger partial charge on any atom is 0.222 e. The molecule has 3 heteroatoms. The average molecular weight is 212 g/mol. The number of hydrogen-bond donors (Lipinski definition) is 1. The molecule has 15 heavy (non-hydrogen) atoms. The number of carbonyl (C=O) groups excluding carboxylic acids is 1. The molecule has 1 aliphatic rings. The summed E-state index contributed by atoms with van der Waals surface area (Å²) < 4.78 is 0. The van der Waals surface area contributed by atoms with Crippen LogP contribution in [0.4, 0.5) is 0 Å². The molecule has 1 rings (SSSR count). The fourth-order valence-electron chi connectivity index (χ4n) is 2.15. The molecule has 1 aliphatic heterocycles. The summed E-state index contributed by atoms with van der Waals surface area (Å²) in [5, 5.41) is 3.21. The van der Waals surface area contributed by atoms with E-state index >= 15 is 0 Å². The van der Waals surface area contributed by atoms with Gasteiger partial charge in [0, 0.05) is 19.5 Å². The van der Waals surface area contributed by atoms with Crippen LogP contribution in [0.3, 0.4) is 0 Å². The van der Waals surface area contributed by atoms with E-state index in [2.05, 4.69) is 19.2 Å². The summed E-state index contributed by atoms with van der Waals surface area (Å²) in [5.41, 5.74) is 0. The molecular formula is C12H24N2O. The lowest BCUT2D eigenvalue weighted by molar-refractivity contribution is -0.133. The van der Waals surface area contributed by atoms with E-state index in [4.69, 9.17) is 0 Å². The Morgan fingerprint density at radius 2 is 2.00 bits per heavy atom. The largest absolute Gasteiger partial charge is 0.343 e. The first-order valence-corrected chi connectivity index (χ1v) is 6.05. The van der Waals surface area contributed by atoms with Crippen LogP contribution in [-0.2, 0) is 4.79 Å². The van der Waals surface area contributed by atoms with Gasteiger partial charge in [-0.2, -0.15) is 0 Å². The zero-order valence-electron chi connectivity index (χ0n) is 10.3. The molecule has 0 saturated carbocycles. The third kappa shape index (κ3) is 4.20. The molecule has 1 N–H and O–H groups in total. The van der Waals surface area contributed by atoms with Crippen LogP contribution in [-0.4, -0.2) is 37.5 Å². The monoisotopic (exact) mass is 212 g/mol. The predicted octanol–water partition coefficient (Wildman–Crippen LogP) is 1.49. The lowest BCUT2D eigenvalue weighted by Crippen LogP contribution is -2.40. The molecule has 0 aromatic rings. The third-order valence-electron chi connectivity index (χ3n) is 3.04. The van der Waals surface area contributed by atoms with Crippen LogP contribution in [0.25, 0.3) is 0 Å². The van der Waals surface area contributed by atoms with Gasteiger partial charge < -0.3 is 10.2 Å². The number of hydrogen-bond acceptors (Lipinski definition) is 2. The van der Waals surface area contributed by atoms with Crippen LogP contribution in [0, 0.1) is 11.8 Å². The van der Waals surface area contributed by atoms with Crippen molar-refractivity contribution in [3.63, 3.8) is 0 Å². The van der Waals surface area contributed by atoms with Crippen molar-refractivity contribution in [2.24, 2.45) is 11.8 Å². The van der Waals surface area contributed by atoms with Gasteiger partial charge in [-0.3, -0.25) is 4.79 Å². The van der Waals surface area contributed by atoms with Gasteiger partial charge in [-0.05, 0) is 38.3 Å². The molecule has 0 spiro atoms. The minimum atomic E-state index is 0.341. The minimum absolute atomic E-state index is 0.341. The smallest absolute Gasteiger partial charge is 0.222 e. The van der Waals surface area contributed by atoms with Gasteiger partial charge in [0.2, 0.25) is 5.91 Å². The van der Waals surface area contributed by atoms with E-state index < -0.39 is 0 Å². The van der Waals surface area contributed by atoms with Gasteiger partial charge in [-0.25, -0.2) is 0 Å². The Morgan fingerprint density at radius 1 is 1.40 bits per heavy atom. The van der Waals surface area contributed by atoms with Crippen molar-refractivity contribution in [3.05, 3.63) is 0 Å². The molecule has 3 nitrogen and oxygen atoms in total. The van der Waals surface area contributed by atoms with Gasteiger partial charge in [0.15, 0.2) is 0 Å². The maximum absolute atomic E-state index is 11.8. The molecule has 0 radical (unpaired) electrons. The quantitative estimate of drug-likeness (QED) is 0.766. The molecule has 88 valence electrons. The van der Waals surface area contributed by atoms with Crippen LogP contribution in [0.2, 0.25) is 0 Å². The number of likely N-dealkylation sites (tertiary alicyclic amines) is 1. The molecule has 0 aromatic carbocycles. The van der Waals surface area contributed by atoms with Gasteiger partial charge in [0.1, 0.15) is 0 Å². The predicted molar refractivity (Wildman–Crippen MR) is 62.7 cm³/mol. The third-order valence-corrected chi connectivity index (χ3v) is 3.04. The number of rotatable bonds is 4. The topological polar surface area (TPSA) is 32.3 Å². The van der Waals surface area contributed by atoms with Crippen LogP contribution >= 0.6 is 0 Å². The fraction of sp³-hybridized carbons (Fsp3) is 0.917.